The second-order valence-electron chi connectivity index (χ2n) is 9.45. The number of rotatable bonds is 6. The fourth-order valence-corrected chi connectivity index (χ4v) is 6.04. The van der Waals surface area contributed by atoms with Crippen LogP contribution in [0.5, 0.6) is 0 Å². The normalized spacial score (nSPS) is 23.8. The molecule has 0 saturated heterocycles. The van der Waals surface area contributed by atoms with Gasteiger partial charge in [-0.25, -0.2) is 13.4 Å². The van der Waals surface area contributed by atoms with E-state index in [-0.39, 0.29) is 17.0 Å². The smallest absolute Gasteiger partial charge is 0.345 e. The molecular weight excluding hydrogens is 465 g/mol. The van der Waals surface area contributed by atoms with Gasteiger partial charge in [0.25, 0.3) is 0 Å². The van der Waals surface area contributed by atoms with Gasteiger partial charge in [-0.05, 0) is 74.3 Å². The molecule has 0 spiro atoms. The van der Waals surface area contributed by atoms with Crippen molar-refractivity contribution >= 4 is 15.8 Å². The van der Waals surface area contributed by atoms with Crippen LogP contribution in [0.1, 0.15) is 73.6 Å². The third-order valence-corrected chi connectivity index (χ3v) is 8.68. The Balaban J connectivity index is 1.47. The van der Waals surface area contributed by atoms with Crippen molar-refractivity contribution in [1.29, 1.82) is 5.26 Å². The van der Waals surface area contributed by atoms with Crippen LogP contribution in [0.4, 0.5) is 19.0 Å². The molecule has 2 aliphatic carbocycles. The number of anilines is 1. The van der Waals surface area contributed by atoms with Crippen molar-refractivity contribution in [1.82, 2.24) is 9.71 Å². The summed E-state index contributed by atoms with van der Waals surface area (Å²) in [5.74, 6) is 0.847. The molecule has 0 amide bonds. The average molecular weight is 491 g/mol. The number of benzene rings is 1. The Kier molecular flexibility index (Phi) is 5.60. The van der Waals surface area contributed by atoms with Gasteiger partial charge in [0.05, 0.1) is 22.9 Å². The molecule has 2 fully saturated rings. The molecule has 10 heteroatoms. The summed E-state index contributed by atoms with van der Waals surface area (Å²) < 4.78 is 65.2. The van der Waals surface area contributed by atoms with E-state index in [1.54, 1.807) is 16.9 Å². The summed E-state index contributed by atoms with van der Waals surface area (Å²) in [7, 11) is -4.35. The molecule has 0 bridgehead atoms. The molecule has 3 atom stereocenters. The average Bonchev–Trinajstić information content (AvgIpc) is 3.55. The van der Waals surface area contributed by atoms with Gasteiger partial charge in [0, 0.05) is 17.8 Å². The summed E-state index contributed by atoms with van der Waals surface area (Å²) in [5.41, 5.74) is 2.80. The molecule has 0 radical (unpaired) electrons. The number of aromatic nitrogens is 1. The number of alkyl halides is 3. The standard InChI is InChI=1S/C24H25F3N4O2S/c1-14(24(25,26)27)30-34(32,33)19-9-7-16(8-10-19)22-21(12-28)20-11-17(15-5-6-15)13-29-23(20)31(22)18-3-2-4-18/h7-11,13-15,18,21-22,30H,2-6H2,1H3/t14-,21?,22?/m1/s1. The molecule has 2 heterocycles. The van der Waals surface area contributed by atoms with Crippen LogP contribution in [0.3, 0.4) is 0 Å². The zero-order chi connectivity index (χ0) is 24.3. The van der Waals surface area contributed by atoms with E-state index in [4.69, 9.17) is 4.98 Å². The minimum atomic E-state index is -4.68. The lowest BCUT2D eigenvalue weighted by Gasteiger charge is -2.40. The lowest BCUT2D eigenvalue weighted by Crippen LogP contribution is -2.43. The third-order valence-electron chi connectivity index (χ3n) is 7.12. The van der Waals surface area contributed by atoms with Crippen LogP contribution in [0.2, 0.25) is 0 Å². The van der Waals surface area contributed by atoms with Crippen molar-refractivity contribution in [2.45, 2.75) is 80.1 Å². The number of hydrogen-bond acceptors (Lipinski definition) is 5. The van der Waals surface area contributed by atoms with Crippen LogP contribution < -0.4 is 9.62 Å². The third kappa shape index (κ3) is 4.05. The number of nitriles is 1. The fraction of sp³-hybridized carbons (Fsp3) is 0.500. The van der Waals surface area contributed by atoms with Crippen molar-refractivity contribution < 1.29 is 21.6 Å². The molecule has 5 rings (SSSR count). The van der Waals surface area contributed by atoms with Crippen molar-refractivity contribution in [3.63, 3.8) is 0 Å². The van der Waals surface area contributed by atoms with E-state index in [0.717, 1.165) is 61.5 Å². The predicted molar refractivity (Wildman–Crippen MR) is 120 cm³/mol. The highest BCUT2D eigenvalue weighted by molar-refractivity contribution is 7.89. The van der Waals surface area contributed by atoms with Crippen molar-refractivity contribution in [2.75, 3.05) is 4.90 Å². The van der Waals surface area contributed by atoms with Gasteiger partial charge in [-0.15, -0.1) is 0 Å². The van der Waals surface area contributed by atoms with Crippen LogP contribution in [0.15, 0.2) is 41.4 Å². The van der Waals surface area contributed by atoms with Crippen LogP contribution in [0.25, 0.3) is 0 Å². The summed E-state index contributed by atoms with van der Waals surface area (Å²) in [4.78, 5) is 6.70. The van der Waals surface area contributed by atoms with E-state index in [9.17, 15) is 26.9 Å². The number of fused-ring (bicyclic) bond motifs is 1. The van der Waals surface area contributed by atoms with Gasteiger partial charge in [-0.3, -0.25) is 0 Å². The first-order valence-electron chi connectivity index (χ1n) is 11.5. The second kappa shape index (κ2) is 8.24. The first-order valence-corrected chi connectivity index (χ1v) is 13.0. The Morgan fingerprint density at radius 2 is 1.82 bits per heavy atom. The van der Waals surface area contributed by atoms with Gasteiger partial charge < -0.3 is 4.90 Å². The first-order chi connectivity index (χ1) is 16.1. The minimum absolute atomic E-state index is 0.249. The highest BCUT2D eigenvalue weighted by atomic mass is 32.2. The van der Waals surface area contributed by atoms with Crippen LogP contribution in [-0.4, -0.2) is 31.7 Å². The molecule has 2 aromatic rings. The summed E-state index contributed by atoms with van der Waals surface area (Å²) in [6.07, 6.45) is 2.56. The Bertz CT molecular complexity index is 1230. The van der Waals surface area contributed by atoms with Gasteiger partial charge in [0.15, 0.2) is 0 Å². The number of pyridine rings is 1. The van der Waals surface area contributed by atoms with Crippen molar-refractivity contribution in [3.8, 4) is 6.07 Å². The molecule has 6 nitrogen and oxygen atoms in total. The van der Waals surface area contributed by atoms with E-state index < -0.39 is 28.2 Å². The Hall–Kier alpha value is -2.64. The van der Waals surface area contributed by atoms with E-state index in [2.05, 4.69) is 17.0 Å². The monoisotopic (exact) mass is 490 g/mol. The minimum Gasteiger partial charge on any atom is -0.345 e. The van der Waals surface area contributed by atoms with Gasteiger partial charge in [-0.1, -0.05) is 12.1 Å². The van der Waals surface area contributed by atoms with Crippen LogP contribution in [-0.2, 0) is 10.0 Å². The number of halogens is 3. The van der Waals surface area contributed by atoms with Crippen molar-refractivity contribution in [2.24, 2.45) is 0 Å². The van der Waals surface area contributed by atoms with E-state index in [0.29, 0.717) is 5.92 Å². The lowest BCUT2D eigenvalue weighted by atomic mass is 9.87. The molecule has 1 N–H and O–H groups in total. The van der Waals surface area contributed by atoms with Gasteiger partial charge in [-0.2, -0.15) is 23.2 Å². The van der Waals surface area contributed by atoms with Gasteiger partial charge in [0.2, 0.25) is 10.0 Å². The molecule has 180 valence electrons. The molecule has 3 aliphatic rings. The fourth-order valence-electron chi connectivity index (χ4n) is 4.81. The number of sulfonamides is 1. The molecule has 1 aromatic heterocycles. The molecule has 2 unspecified atom stereocenters. The maximum absolute atomic E-state index is 12.8. The summed E-state index contributed by atoms with van der Waals surface area (Å²) in [6.45, 7) is 0.762. The van der Waals surface area contributed by atoms with Crippen LogP contribution in [0, 0.1) is 11.3 Å². The highest BCUT2D eigenvalue weighted by Gasteiger charge is 2.46. The Labute approximate surface area is 196 Å². The molecule has 1 aliphatic heterocycles. The van der Waals surface area contributed by atoms with E-state index in [1.165, 1.54) is 12.1 Å². The Morgan fingerprint density at radius 1 is 1.15 bits per heavy atom. The van der Waals surface area contributed by atoms with Gasteiger partial charge >= 0.3 is 6.18 Å². The molecule has 34 heavy (non-hydrogen) atoms. The number of nitrogens with zero attached hydrogens (tertiary/aromatic N) is 3. The topological polar surface area (TPSA) is 86.1 Å². The summed E-state index contributed by atoms with van der Waals surface area (Å²) >= 11 is 0. The zero-order valence-corrected chi connectivity index (χ0v) is 19.4. The lowest BCUT2D eigenvalue weighted by molar-refractivity contribution is -0.147. The van der Waals surface area contributed by atoms with E-state index >= 15 is 0 Å². The maximum atomic E-state index is 12.8. The quantitative estimate of drug-likeness (QED) is 0.622. The maximum Gasteiger partial charge on any atom is 0.404 e. The number of hydrogen-bond donors (Lipinski definition) is 1. The van der Waals surface area contributed by atoms with Crippen LogP contribution >= 0.6 is 0 Å². The SMILES string of the molecule is C[C@@H](NS(=O)(=O)c1ccc(C2C(C#N)c3cc(C4CC4)cnc3N2C2CCC2)cc1)C(F)(F)F. The largest absolute Gasteiger partial charge is 0.404 e. The second-order valence-corrected chi connectivity index (χ2v) is 11.2. The molecule has 1 aromatic carbocycles. The van der Waals surface area contributed by atoms with Gasteiger partial charge in [0.1, 0.15) is 11.9 Å². The molecule has 2 saturated carbocycles. The highest BCUT2D eigenvalue weighted by Crippen LogP contribution is 2.52. The van der Waals surface area contributed by atoms with E-state index in [1.807, 2.05) is 6.20 Å². The predicted octanol–water partition coefficient (Wildman–Crippen LogP) is 4.91. The zero-order valence-electron chi connectivity index (χ0n) is 18.6. The summed E-state index contributed by atoms with van der Waals surface area (Å²) in [6, 6.07) is 8.06. The molecular formula is C24H25F3N4O2S. The summed E-state index contributed by atoms with van der Waals surface area (Å²) in [5, 5.41) is 10.1. The van der Waals surface area contributed by atoms with Crippen molar-refractivity contribution in [3.05, 3.63) is 53.2 Å². The Morgan fingerprint density at radius 3 is 2.35 bits per heavy atom. The number of nitrogens with one attached hydrogen (secondary N) is 1. The first kappa shape index (κ1) is 23.1.